The average Bonchev–Trinajstić information content (AvgIpc) is 2.62. The van der Waals surface area contributed by atoms with Gasteiger partial charge in [-0.15, -0.1) is 11.8 Å². The van der Waals surface area contributed by atoms with E-state index in [0.717, 1.165) is 21.8 Å². The second kappa shape index (κ2) is 7.83. The normalized spacial score (nSPS) is 20.2. The molecule has 0 saturated heterocycles. The van der Waals surface area contributed by atoms with Crippen LogP contribution in [0.15, 0.2) is 65.6 Å². The lowest BCUT2D eigenvalue weighted by molar-refractivity contribution is -0.115. The lowest BCUT2D eigenvalue weighted by Gasteiger charge is -2.31. The topological polar surface area (TPSA) is 34.1 Å². The highest BCUT2D eigenvalue weighted by Gasteiger charge is 2.37. The largest absolute Gasteiger partial charge is 0.295 e. The summed E-state index contributed by atoms with van der Waals surface area (Å²) in [6.45, 7) is 4.06. The zero-order valence-corrected chi connectivity index (χ0v) is 15.4. The first-order valence-corrected chi connectivity index (χ1v) is 9.61. The van der Waals surface area contributed by atoms with Crippen LogP contribution in [0.4, 0.5) is 0 Å². The van der Waals surface area contributed by atoms with Gasteiger partial charge in [0.25, 0.3) is 0 Å². The number of thioether (sulfide) groups is 1. The van der Waals surface area contributed by atoms with Crippen LogP contribution in [-0.4, -0.2) is 17.3 Å². The van der Waals surface area contributed by atoms with Crippen molar-refractivity contribution in [3.63, 3.8) is 0 Å². The van der Waals surface area contributed by atoms with Crippen LogP contribution >= 0.6 is 11.8 Å². The molecule has 0 aromatic heterocycles. The number of hydrogen-bond donors (Lipinski definition) is 0. The van der Waals surface area contributed by atoms with Crippen LogP contribution in [0.1, 0.15) is 40.7 Å². The molecule has 0 N–H and O–H groups in total. The second-order valence-electron chi connectivity index (χ2n) is 6.38. The van der Waals surface area contributed by atoms with Crippen LogP contribution in [0.5, 0.6) is 0 Å². The Balaban J connectivity index is 2.04. The van der Waals surface area contributed by atoms with E-state index in [1.165, 1.54) is 0 Å². The lowest BCUT2D eigenvalue weighted by atomic mass is 9.75. The van der Waals surface area contributed by atoms with Gasteiger partial charge in [0.05, 0.1) is 5.92 Å². The van der Waals surface area contributed by atoms with Gasteiger partial charge in [0.2, 0.25) is 0 Å². The average molecular weight is 350 g/mol. The SMILES string of the molecule is CCSC1=CC(=O)C[C@H](c2ccccc2)[C@@H]1C(=O)c1ccc(C)cc1. The van der Waals surface area contributed by atoms with E-state index >= 15 is 0 Å². The summed E-state index contributed by atoms with van der Waals surface area (Å²) in [7, 11) is 0. The van der Waals surface area contributed by atoms with Gasteiger partial charge in [-0.1, -0.05) is 67.1 Å². The monoisotopic (exact) mass is 350 g/mol. The van der Waals surface area contributed by atoms with Gasteiger partial charge >= 0.3 is 0 Å². The Labute approximate surface area is 153 Å². The number of hydrogen-bond acceptors (Lipinski definition) is 3. The minimum atomic E-state index is -0.284. The molecule has 0 heterocycles. The van der Waals surface area contributed by atoms with Crippen molar-refractivity contribution >= 4 is 23.3 Å². The molecule has 128 valence electrons. The van der Waals surface area contributed by atoms with Crippen LogP contribution in [0.25, 0.3) is 0 Å². The quantitative estimate of drug-likeness (QED) is 0.696. The van der Waals surface area contributed by atoms with Crippen LogP contribution in [0, 0.1) is 12.8 Å². The Kier molecular flexibility index (Phi) is 5.54. The Bertz CT molecular complexity index is 791. The smallest absolute Gasteiger partial charge is 0.171 e. The molecule has 0 bridgehead atoms. The van der Waals surface area contributed by atoms with Gasteiger partial charge in [-0.05, 0) is 29.2 Å². The first kappa shape index (κ1) is 17.7. The molecule has 0 radical (unpaired) electrons. The third-order valence-corrected chi connectivity index (χ3v) is 5.58. The second-order valence-corrected chi connectivity index (χ2v) is 7.71. The van der Waals surface area contributed by atoms with Crippen molar-refractivity contribution in [3.05, 3.63) is 82.3 Å². The summed E-state index contributed by atoms with van der Waals surface area (Å²) >= 11 is 1.61. The minimum absolute atomic E-state index is 0.0958. The molecule has 2 aromatic carbocycles. The first-order chi connectivity index (χ1) is 12.1. The lowest BCUT2D eigenvalue weighted by Crippen LogP contribution is -2.29. The van der Waals surface area contributed by atoms with Gasteiger partial charge in [-0.25, -0.2) is 0 Å². The molecule has 0 amide bonds. The maximum atomic E-state index is 13.3. The van der Waals surface area contributed by atoms with Crippen molar-refractivity contribution in [2.75, 3.05) is 5.75 Å². The molecular formula is C22H22O2S. The van der Waals surface area contributed by atoms with E-state index in [9.17, 15) is 9.59 Å². The number of rotatable bonds is 5. The van der Waals surface area contributed by atoms with Crippen molar-refractivity contribution in [3.8, 4) is 0 Å². The fourth-order valence-electron chi connectivity index (χ4n) is 3.36. The number of ketones is 2. The molecule has 25 heavy (non-hydrogen) atoms. The van der Waals surface area contributed by atoms with Gasteiger partial charge in [-0.2, -0.15) is 0 Å². The predicted molar refractivity (Wildman–Crippen MR) is 104 cm³/mol. The van der Waals surface area contributed by atoms with Gasteiger partial charge in [0.15, 0.2) is 11.6 Å². The number of allylic oxidation sites excluding steroid dienone is 2. The highest BCUT2D eigenvalue weighted by atomic mass is 32.2. The van der Waals surface area contributed by atoms with E-state index in [-0.39, 0.29) is 23.4 Å². The van der Waals surface area contributed by atoms with Crippen molar-refractivity contribution < 1.29 is 9.59 Å². The third kappa shape index (κ3) is 3.93. The van der Waals surface area contributed by atoms with E-state index in [1.54, 1.807) is 17.8 Å². The number of carbonyl (C=O) groups excluding carboxylic acids is 2. The highest BCUT2D eigenvalue weighted by molar-refractivity contribution is 8.03. The van der Waals surface area contributed by atoms with Crippen LogP contribution in [-0.2, 0) is 4.79 Å². The van der Waals surface area contributed by atoms with E-state index in [4.69, 9.17) is 0 Å². The molecule has 0 fully saturated rings. The first-order valence-electron chi connectivity index (χ1n) is 8.63. The molecule has 0 aliphatic heterocycles. The molecule has 1 aliphatic carbocycles. The van der Waals surface area contributed by atoms with Crippen LogP contribution in [0.3, 0.4) is 0 Å². The zero-order chi connectivity index (χ0) is 17.8. The standard InChI is InChI=1S/C22H22O2S/c1-3-25-20-14-18(23)13-19(16-7-5-4-6-8-16)21(20)22(24)17-11-9-15(2)10-12-17/h4-12,14,19,21H,3,13H2,1-2H3/t19-,21+/m1/s1. The summed E-state index contributed by atoms with van der Waals surface area (Å²) in [5.74, 6) is 0.679. The molecule has 2 atom stereocenters. The Morgan fingerprint density at radius 2 is 1.76 bits per heavy atom. The number of benzene rings is 2. The fraction of sp³-hybridized carbons (Fsp3) is 0.273. The molecule has 2 aromatic rings. The molecule has 0 unspecified atom stereocenters. The van der Waals surface area contributed by atoms with Crippen molar-refractivity contribution in [1.29, 1.82) is 0 Å². The van der Waals surface area contributed by atoms with Crippen LogP contribution < -0.4 is 0 Å². The van der Waals surface area contributed by atoms with Gasteiger partial charge < -0.3 is 0 Å². The summed E-state index contributed by atoms with van der Waals surface area (Å²) in [5, 5.41) is 0. The maximum absolute atomic E-state index is 13.3. The summed E-state index contributed by atoms with van der Waals surface area (Å²) in [6, 6.07) is 17.7. The summed E-state index contributed by atoms with van der Waals surface area (Å²) < 4.78 is 0. The molecule has 3 rings (SSSR count). The van der Waals surface area contributed by atoms with E-state index < -0.39 is 0 Å². The van der Waals surface area contributed by atoms with E-state index in [0.29, 0.717) is 12.0 Å². The van der Waals surface area contributed by atoms with Crippen LogP contribution in [0.2, 0.25) is 0 Å². The molecule has 1 aliphatic rings. The summed E-state index contributed by atoms with van der Waals surface area (Å²) in [4.78, 5) is 26.5. The predicted octanol–water partition coefficient (Wildman–Crippen LogP) is 5.19. The maximum Gasteiger partial charge on any atom is 0.171 e. The van der Waals surface area contributed by atoms with Crippen molar-refractivity contribution in [1.82, 2.24) is 0 Å². The third-order valence-electron chi connectivity index (χ3n) is 4.59. The number of aryl methyl sites for hydroxylation is 1. The van der Waals surface area contributed by atoms with Gasteiger partial charge in [0.1, 0.15) is 0 Å². The molecule has 2 nitrogen and oxygen atoms in total. The summed E-state index contributed by atoms with van der Waals surface area (Å²) in [6.07, 6.45) is 2.07. The summed E-state index contributed by atoms with van der Waals surface area (Å²) in [5.41, 5.74) is 2.91. The highest BCUT2D eigenvalue weighted by Crippen LogP contribution is 2.43. The minimum Gasteiger partial charge on any atom is -0.295 e. The Morgan fingerprint density at radius 1 is 1.08 bits per heavy atom. The Hall–Kier alpha value is -2.13. The van der Waals surface area contributed by atoms with Gasteiger partial charge in [-0.3, -0.25) is 9.59 Å². The van der Waals surface area contributed by atoms with Gasteiger partial charge in [0, 0.05) is 17.9 Å². The van der Waals surface area contributed by atoms with Crippen molar-refractivity contribution in [2.45, 2.75) is 26.2 Å². The molecule has 3 heteroatoms. The van der Waals surface area contributed by atoms with E-state index in [1.807, 2.05) is 61.5 Å². The zero-order valence-electron chi connectivity index (χ0n) is 14.6. The van der Waals surface area contributed by atoms with E-state index in [2.05, 4.69) is 6.92 Å². The number of carbonyl (C=O) groups is 2. The molecule has 0 saturated carbocycles. The van der Waals surface area contributed by atoms with Crippen molar-refractivity contribution in [2.24, 2.45) is 5.92 Å². The molecule has 0 spiro atoms. The Morgan fingerprint density at radius 3 is 2.40 bits per heavy atom. The molecular weight excluding hydrogens is 328 g/mol. The fourth-order valence-corrected chi connectivity index (χ4v) is 4.36. The number of Topliss-reactive ketones (excluding diaryl/α,β-unsaturated/α-hetero) is 1.